The Balaban J connectivity index is 1.67. The zero-order chi connectivity index (χ0) is 16.4. The molecule has 1 unspecified atom stereocenters. The summed E-state index contributed by atoms with van der Waals surface area (Å²) < 4.78 is 23.0. The minimum Gasteiger partial charge on any atom is -0.341 e. The summed E-state index contributed by atoms with van der Waals surface area (Å²) in [5.41, 5.74) is 3.79. The number of hydrogen-bond donors (Lipinski definition) is 1. The summed E-state index contributed by atoms with van der Waals surface area (Å²) in [6, 6.07) is 6.32. The van der Waals surface area contributed by atoms with Crippen LogP contribution in [0.5, 0.6) is 0 Å². The van der Waals surface area contributed by atoms with Crippen molar-refractivity contribution in [1.82, 2.24) is 4.90 Å². The lowest BCUT2D eigenvalue weighted by atomic mass is 9.90. The molecule has 6 heteroatoms. The third kappa shape index (κ3) is 3.93. The second kappa shape index (κ2) is 6.61. The SMILES string of the molecule is NS(=O)(=O)C1CCCN(C(=O)Cc2ccc3c(c2)CCCC3)C1. The third-order valence-corrected chi connectivity index (χ3v) is 6.28. The molecule has 3 rings (SSSR count). The van der Waals surface area contributed by atoms with E-state index in [1.165, 1.54) is 24.0 Å². The number of likely N-dealkylation sites (tertiary alicyclic amines) is 1. The topological polar surface area (TPSA) is 80.5 Å². The Labute approximate surface area is 137 Å². The Kier molecular flexibility index (Phi) is 4.73. The minimum atomic E-state index is -3.57. The van der Waals surface area contributed by atoms with Crippen molar-refractivity contribution in [3.8, 4) is 0 Å². The molecule has 5 nitrogen and oxygen atoms in total. The lowest BCUT2D eigenvalue weighted by Gasteiger charge is -2.31. The summed E-state index contributed by atoms with van der Waals surface area (Å²) >= 11 is 0. The number of nitrogens with two attached hydrogens (primary N) is 1. The van der Waals surface area contributed by atoms with Crippen LogP contribution in [0, 0.1) is 0 Å². The number of sulfonamides is 1. The molecule has 1 fully saturated rings. The van der Waals surface area contributed by atoms with Gasteiger partial charge >= 0.3 is 0 Å². The van der Waals surface area contributed by atoms with Crippen molar-refractivity contribution < 1.29 is 13.2 Å². The summed E-state index contributed by atoms with van der Waals surface area (Å²) in [5, 5.41) is 4.61. The van der Waals surface area contributed by atoms with Crippen LogP contribution >= 0.6 is 0 Å². The molecule has 1 amide bonds. The molecule has 1 heterocycles. The quantitative estimate of drug-likeness (QED) is 0.906. The van der Waals surface area contributed by atoms with E-state index in [-0.39, 0.29) is 12.5 Å². The Morgan fingerprint density at radius 2 is 1.91 bits per heavy atom. The fraction of sp³-hybridized carbons (Fsp3) is 0.588. The van der Waals surface area contributed by atoms with E-state index >= 15 is 0 Å². The maximum absolute atomic E-state index is 12.5. The molecule has 126 valence electrons. The second-order valence-corrected chi connectivity index (χ2v) is 8.52. The van der Waals surface area contributed by atoms with Crippen LogP contribution in [0.2, 0.25) is 0 Å². The van der Waals surface area contributed by atoms with Gasteiger partial charge in [0.2, 0.25) is 15.9 Å². The van der Waals surface area contributed by atoms with Crippen LogP contribution < -0.4 is 5.14 Å². The number of amides is 1. The molecule has 1 atom stereocenters. The Hall–Kier alpha value is -1.40. The Bertz CT molecular complexity index is 700. The van der Waals surface area contributed by atoms with Gasteiger partial charge in [-0.1, -0.05) is 18.2 Å². The first-order valence-corrected chi connectivity index (χ1v) is 9.94. The summed E-state index contributed by atoms with van der Waals surface area (Å²) in [7, 11) is -3.57. The fourth-order valence-corrected chi connectivity index (χ4v) is 4.50. The monoisotopic (exact) mass is 336 g/mol. The predicted octanol–water partition coefficient (Wildman–Crippen LogP) is 1.39. The Morgan fingerprint density at radius 1 is 1.17 bits per heavy atom. The van der Waals surface area contributed by atoms with Gasteiger partial charge < -0.3 is 4.90 Å². The number of carbonyl (C=O) groups excluding carboxylic acids is 1. The molecule has 1 saturated heterocycles. The van der Waals surface area contributed by atoms with E-state index in [0.29, 0.717) is 25.8 Å². The summed E-state index contributed by atoms with van der Waals surface area (Å²) in [6.07, 6.45) is 6.25. The normalized spacial score (nSPS) is 21.8. The first kappa shape index (κ1) is 16.5. The van der Waals surface area contributed by atoms with E-state index in [9.17, 15) is 13.2 Å². The maximum Gasteiger partial charge on any atom is 0.227 e. The van der Waals surface area contributed by atoms with Crippen LogP contribution in [-0.2, 0) is 34.1 Å². The van der Waals surface area contributed by atoms with E-state index in [0.717, 1.165) is 18.4 Å². The molecule has 2 aliphatic rings. The van der Waals surface area contributed by atoms with E-state index in [4.69, 9.17) is 5.14 Å². The van der Waals surface area contributed by atoms with Gasteiger partial charge in [0.1, 0.15) is 0 Å². The lowest BCUT2D eigenvalue weighted by molar-refractivity contribution is -0.131. The van der Waals surface area contributed by atoms with Gasteiger partial charge in [0.05, 0.1) is 11.7 Å². The zero-order valence-electron chi connectivity index (χ0n) is 13.3. The molecule has 1 aliphatic carbocycles. The van der Waals surface area contributed by atoms with E-state index in [1.807, 2.05) is 6.07 Å². The highest BCUT2D eigenvalue weighted by Gasteiger charge is 2.30. The van der Waals surface area contributed by atoms with E-state index in [2.05, 4.69) is 12.1 Å². The number of rotatable bonds is 3. The predicted molar refractivity (Wildman–Crippen MR) is 89.5 cm³/mol. The summed E-state index contributed by atoms with van der Waals surface area (Å²) in [4.78, 5) is 14.1. The lowest BCUT2D eigenvalue weighted by Crippen LogP contribution is -2.47. The molecular weight excluding hydrogens is 312 g/mol. The molecule has 2 N–H and O–H groups in total. The number of fused-ring (bicyclic) bond motifs is 1. The number of carbonyl (C=O) groups is 1. The van der Waals surface area contributed by atoms with Crippen molar-refractivity contribution in [2.24, 2.45) is 5.14 Å². The fourth-order valence-electron chi connectivity index (χ4n) is 3.62. The van der Waals surface area contributed by atoms with Gasteiger partial charge in [-0.25, -0.2) is 13.6 Å². The minimum absolute atomic E-state index is 0.00545. The molecule has 0 aromatic heterocycles. The first-order valence-electron chi connectivity index (χ1n) is 8.33. The highest BCUT2D eigenvalue weighted by molar-refractivity contribution is 7.89. The molecular formula is C17H24N2O3S. The van der Waals surface area contributed by atoms with Crippen molar-refractivity contribution in [2.45, 2.75) is 50.2 Å². The van der Waals surface area contributed by atoms with Crippen LogP contribution in [0.15, 0.2) is 18.2 Å². The van der Waals surface area contributed by atoms with Gasteiger partial charge in [-0.15, -0.1) is 0 Å². The van der Waals surface area contributed by atoms with Gasteiger partial charge in [-0.3, -0.25) is 4.79 Å². The van der Waals surface area contributed by atoms with Crippen molar-refractivity contribution in [1.29, 1.82) is 0 Å². The molecule has 23 heavy (non-hydrogen) atoms. The van der Waals surface area contributed by atoms with Crippen molar-refractivity contribution in [2.75, 3.05) is 13.1 Å². The average molecular weight is 336 g/mol. The van der Waals surface area contributed by atoms with Gasteiger partial charge in [-0.05, 0) is 55.2 Å². The zero-order valence-corrected chi connectivity index (χ0v) is 14.1. The van der Waals surface area contributed by atoms with Crippen molar-refractivity contribution >= 4 is 15.9 Å². The number of aryl methyl sites for hydroxylation is 2. The molecule has 0 saturated carbocycles. The van der Waals surface area contributed by atoms with Gasteiger partial charge in [0.25, 0.3) is 0 Å². The van der Waals surface area contributed by atoms with Crippen LogP contribution in [-0.4, -0.2) is 37.6 Å². The smallest absolute Gasteiger partial charge is 0.227 e. The highest BCUT2D eigenvalue weighted by Crippen LogP contribution is 2.23. The van der Waals surface area contributed by atoms with Gasteiger partial charge in [0, 0.05) is 13.1 Å². The number of primary sulfonamides is 1. The molecule has 0 radical (unpaired) electrons. The molecule has 1 aromatic rings. The van der Waals surface area contributed by atoms with Gasteiger partial charge in [-0.2, -0.15) is 0 Å². The Morgan fingerprint density at radius 3 is 2.65 bits per heavy atom. The van der Waals surface area contributed by atoms with E-state index in [1.54, 1.807) is 4.90 Å². The molecule has 0 bridgehead atoms. The second-order valence-electron chi connectivity index (χ2n) is 6.68. The standard InChI is InChI=1S/C17H24N2O3S/c18-23(21,22)16-6-3-9-19(12-16)17(20)11-13-7-8-14-4-1-2-5-15(14)10-13/h7-8,10,16H,1-6,9,11-12H2,(H2,18,21,22). The summed E-state index contributed by atoms with van der Waals surface area (Å²) in [6.45, 7) is 0.846. The van der Waals surface area contributed by atoms with E-state index < -0.39 is 15.3 Å². The first-order chi connectivity index (χ1) is 10.9. The number of piperidine rings is 1. The van der Waals surface area contributed by atoms with Crippen LogP contribution in [0.4, 0.5) is 0 Å². The molecule has 1 aliphatic heterocycles. The number of nitrogens with zero attached hydrogens (tertiary/aromatic N) is 1. The molecule has 1 aromatic carbocycles. The average Bonchev–Trinajstić information content (AvgIpc) is 2.54. The summed E-state index contributed by atoms with van der Waals surface area (Å²) in [5.74, 6) is -0.00545. The maximum atomic E-state index is 12.5. The molecule has 0 spiro atoms. The third-order valence-electron chi connectivity index (χ3n) is 4.96. The number of benzene rings is 1. The number of hydrogen-bond acceptors (Lipinski definition) is 3. The van der Waals surface area contributed by atoms with Gasteiger partial charge in [0.15, 0.2) is 0 Å². The van der Waals surface area contributed by atoms with Crippen LogP contribution in [0.1, 0.15) is 42.4 Å². The van der Waals surface area contributed by atoms with Crippen LogP contribution in [0.3, 0.4) is 0 Å². The highest BCUT2D eigenvalue weighted by atomic mass is 32.2. The van der Waals surface area contributed by atoms with Crippen molar-refractivity contribution in [3.63, 3.8) is 0 Å². The van der Waals surface area contributed by atoms with Crippen LogP contribution in [0.25, 0.3) is 0 Å². The van der Waals surface area contributed by atoms with Crippen molar-refractivity contribution in [3.05, 3.63) is 34.9 Å². The largest absolute Gasteiger partial charge is 0.341 e.